The van der Waals surface area contributed by atoms with Crippen molar-refractivity contribution in [2.45, 2.75) is 38.2 Å². The number of aromatic nitrogens is 2. The van der Waals surface area contributed by atoms with Gasteiger partial charge in [-0.1, -0.05) is 12.2 Å². The zero-order chi connectivity index (χ0) is 15.4. The lowest BCUT2D eigenvalue weighted by Crippen LogP contribution is -2.44. The van der Waals surface area contributed by atoms with Gasteiger partial charge in [0.05, 0.1) is 4.47 Å². The molecule has 2 heterocycles. The lowest BCUT2D eigenvalue weighted by molar-refractivity contribution is -0.137. The minimum Gasteiger partial charge on any atom is -0.460 e. The van der Waals surface area contributed by atoms with Crippen molar-refractivity contribution in [3.8, 4) is 6.01 Å². The van der Waals surface area contributed by atoms with Crippen molar-refractivity contribution in [3.05, 3.63) is 29.0 Å². The molecule has 0 aromatic carbocycles. The van der Waals surface area contributed by atoms with Crippen LogP contribution >= 0.6 is 15.9 Å². The maximum absolute atomic E-state index is 12.5. The monoisotopic (exact) mass is 365 g/mol. The molecule has 1 atom stereocenters. The normalized spacial score (nSPS) is 22.6. The number of likely N-dealkylation sites (tertiary alicyclic amines) is 1. The number of ether oxygens (including phenoxy) is 1. The zero-order valence-electron chi connectivity index (χ0n) is 12.4. The molecule has 1 unspecified atom stereocenters. The van der Waals surface area contributed by atoms with E-state index in [0.717, 1.165) is 49.7 Å². The van der Waals surface area contributed by atoms with Gasteiger partial charge in [0.1, 0.15) is 6.10 Å². The second kappa shape index (κ2) is 7.22. The van der Waals surface area contributed by atoms with E-state index in [4.69, 9.17) is 4.74 Å². The lowest BCUT2D eigenvalue weighted by atomic mass is 9.92. The van der Waals surface area contributed by atoms with Gasteiger partial charge in [0.15, 0.2) is 0 Å². The number of allylic oxidation sites excluding steroid dienone is 2. The van der Waals surface area contributed by atoms with Crippen LogP contribution in [-0.4, -0.2) is 40.0 Å². The molecular weight excluding hydrogens is 346 g/mol. The van der Waals surface area contributed by atoms with E-state index in [0.29, 0.717) is 11.9 Å². The number of rotatable bonds is 3. The summed E-state index contributed by atoms with van der Waals surface area (Å²) in [5.41, 5.74) is 0. The summed E-state index contributed by atoms with van der Waals surface area (Å²) >= 11 is 3.30. The van der Waals surface area contributed by atoms with Crippen LogP contribution in [0.15, 0.2) is 29.0 Å². The highest BCUT2D eigenvalue weighted by Crippen LogP contribution is 2.23. The average Bonchev–Trinajstić information content (AvgIpc) is 2.58. The van der Waals surface area contributed by atoms with Crippen molar-refractivity contribution in [1.82, 2.24) is 14.9 Å². The summed E-state index contributed by atoms with van der Waals surface area (Å²) in [5.74, 6) is 0.486. The van der Waals surface area contributed by atoms with Crippen molar-refractivity contribution >= 4 is 21.8 Å². The van der Waals surface area contributed by atoms with Crippen molar-refractivity contribution in [2.24, 2.45) is 5.92 Å². The van der Waals surface area contributed by atoms with Gasteiger partial charge in [0.25, 0.3) is 0 Å². The SMILES string of the molecule is O=C(C1CC=CCC1)N1CCC(Oc2ncc(Br)cn2)CC1. The third-order valence-corrected chi connectivity index (χ3v) is 4.65. The van der Waals surface area contributed by atoms with Gasteiger partial charge in [0.2, 0.25) is 5.91 Å². The molecule has 5 nitrogen and oxygen atoms in total. The highest BCUT2D eigenvalue weighted by atomic mass is 79.9. The smallest absolute Gasteiger partial charge is 0.316 e. The van der Waals surface area contributed by atoms with E-state index >= 15 is 0 Å². The Bertz CT molecular complexity index is 539. The fourth-order valence-corrected chi connectivity index (χ4v) is 3.19. The number of piperidine rings is 1. The van der Waals surface area contributed by atoms with Crippen LogP contribution in [0.25, 0.3) is 0 Å². The maximum Gasteiger partial charge on any atom is 0.316 e. The number of carbonyl (C=O) groups excluding carboxylic acids is 1. The molecule has 0 bridgehead atoms. The van der Waals surface area contributed by atoms with Gasteiger partial charge in [0, 0.05) is 44.2 Å². The van der Waals surface area contributed by atoms with Gasteiger partial charge in [-0.05, 0) is 35.2 Å². The van der Waals surface area contributed by atoms with Gasteiger partial charge < -0.3 is 9.64 Å². The summed E-state index contributed by atoms with van der Waals surface area (Å²) in [5, 5.41) is 0. The number of hydrogen-bond acceptors (Lipinski definition) is 4. The quantitative estimate of drug-likeness (QED) is 0.772. The molecule has 1 aliphatic carbocycles. The van der Waals surface area contributed by atoms with Crippen molar-refractivity contribution in [3.63, 3.8) is 0 Å². The van der Waals surface area contributed by atoms with Crippen molar-refractivity contribution in [2.75, 3.05) is 13.1 Å². The molecule has 1 aromatic heterocycles. The molecular formula is C16H20BrN3O2. The topological polar surface area (TPSA) is 55.3 Å². The van der Waals surface area contributed by atoms with Crippen molar-refractivity contribution in [1.29, 1.82) is 0 Å². The zero-order valence-corrected chi connectivity index (χ0v) is 14.0. The van der Waals surface area contributed by atoms with E-state index in [2.05, 4.69) is 38.0 Å². The minimum absolute atomic E-state index is 0.0940. The molecule has 3 rings (SSSR count). The molecule has 6 heteroatoms. The molecule has 0 saturated carbocycles. The summed E-state index contributed by atoms with van der Waals surface area (Å²) in [4.78, 5) is 22.7. The second-order valence-corrected chi connectivity index (χ2v) is 6.72. The predicted molar refractivity (Wildman–Crippen MR) is 86.4 cm³/mol. The van der Waals surface area contributed by atoms with Crippen LogP contribution in [0.4, 0.5) is 0 Å². The van der Waals surface area contributed by atoms with E-state index in [1.165, 1.54) is 0 Å². The van der Waals surface area contributed by atoms with E-state index in [-0.39, 0.29) is 12.0 Å². The standard InChI is InChI=1S/C16H20BrN3O2/c17-13-10-18-16(19-11-13)22-14-6-8-20(9-7-14)15(21)12-4-2-1-3-5-12/h1-2,10-12,14H,3-9H2. The van der Waals surface area contributed by atoms with Gasteiger partial charge in [-0.25, -0.2) is 9.97 Å². The Kier molecular flexibility index (Phi) is 5.08. The molecule has 1 amide bonds. The average molecular weight is 366 g/mol. The van der Waals surface area contributed by atoms with Gasteiger partial charge in [-0.15, -0.1) is 0 Å². The fourth-order valence-electron chi connectivity index (χ4n) is 2.98. The summed E-state index contributed by atoms with van der Waals surface area (Å²) < 4.78 is 6.63. The summed E-state index contributed by atoms with van der Waals surface area (Å²) in [6.45, 7) is 1.53. The molecule has 0 N–H and O–H groups in total. The van der Waals surface area contributed by atoms with Crippen LogP contribution < -0.4 is 4.74 Å². The Morgan fingerprint density at radius 3 is 2.55 bits per heavy atom. The fraction of sp³-hybridized carbons (Fsp3) is 0.562. The number of nitrogens with zero attached hydrogens (tertiary/aromatic N) is 3. The van der Waals surface area contributed by atoms with Gasteiger partial charge in [-0.3, -0.25) is 4.79 Å². The molecule has 2 aliphatic rings. The lowest BCUT2D eigenvalue weighted by Gasteiger charge is -2.34. The maximum atomic E-state index is 12.5. The Labute approximate surface area is 138 Å². The third kappa shape index (κ3) is 3.85. The van der Waals surface area contributed by atoms with E-state index in [9.17, 15) is 4.79 Å². The van der Waals surface area contributed by atoms with Crippen LogP contribution in [0.5, 0.6) is 6.01 Å². The molecule has 1 saturated heterocycles. The van der Waals surface area contributed by atoms with Crippen LogP contribution in [0.3, 0.4) is 0 Å². The Morgan fingerprint density at radius 1 is 1.18 bits per heavy atom. The van der Waals surface area contributed by atoms with Crippen LogP contribution in [0.1, 0.15) is 32.1 Å². The Balaban J connectivity index is 1.48. The predicted octanol–water partition coefficient (Wildman–Crippen LogP) is 2.97. The second-order valence-electron chi connectivity index (χ2n) is 5.81. The van der Waals surface area contributed by atoms with E-state index in [1.54, 1.807) is 12.4 Å². The number of hydrogen-bond donors (Lipinski definition) is 0. The Morgan fingerprint density at radius 2 is 1.91 bits per heavy atom. The molecule has 0 spiro atoms. The summed E-state index contributed by atoms with van der Waals surface area (Å²) in [7, 11) is 0. The Hall–Kier alpha value is -1.43. The van der Waals surface area contributed by atoms with Crippen molar-refractivity contribution < 1.29 is 9.53 Å². The van der Waals surface area contributed by atoms with Gasteiger partial charge in [-0.2, -0.15) is 0 Å². The highest BCUT2D eigenvalue weighted by molar-refractivity contribution is 9.10. The number of halogens is 1. The molecule has 0 radical (unpaired) electrons. The van der Waals surface area contributed by atoms with E-state index in [1.807, 2.05) is 4.90 Å². The van der Waals surface area contributed by atoms with Gasteiger partial charge >= 0.3 is 6.01 Å². The minimum atomic E-state index is 0.0940. The molecule has 118 valence electrons. The first kappa shape index (κ1) is 15.5. The number of carbonyl (C=O) groups is 1. The first-order valence-electron chi connectivity index (χ1n) is 7.80. The first-order valence-corrected chi connectivity index (χ1v) is 8.59. The van der Waals surface area contributed by atoms with Crippen LogP contribution in [0.2, 0.25) is 0 Å². The number of amides is 1. The molecule has 1 fully saturated rings. The highest BCUT2D eigenvalue weighted by Gasteiger charge is 2.29. The van der Waals surface area contributed by atoms with E-state index < -0.39 is 0 Å². The summed E-state index contributed by atoms with van der Waals surface area (Å²) in [6.07, 6.45) is 12.3. The first-order chi connectivity index (χ1) is 10.7. The third-order valence-electron chi connectivity index (χ3n) is 4.24. The molecule has 1 aliphatic heterocycles. The van der Waals surface area contributed by atoms with Crippen LogP contribution in [-0.2, 0) is 4.79 Å². The van der Waals surface area contributed by atoms with Crippen LogP contribution in [0, 0.1) is 5.92 Å². The molecule has 1 aromatic rings. The largest absolute Gasteiger partial charge is 0.460 e. The summed E-state index contributed by atoms with van der Waals surface area (Å²) in [6, 6.07) is 0.408. The molecule has 22 heavy (non-hydrogen) atoms.